The van der Waals surface area contributed by atoms with Gasteiger partial charge in [0.1, 0.15) is 0 Å². The molecule has 0 aliphatic carbocycles. The molecule has 1 aliphatic rings. The van der Waals surface area contributed by atoms with Crippen molar-refractivity contribution in [1.82, 2.24) is 9.62 Å². The maximum absolute atomic E-state index is 13.5. The molecule has 4 nitrogen and oxygen atoms in total. The Morgan fingerprint density at radius 1 is 0.800 bits per heavy atom. The molecule has 0 saturated carbocycles. The highest BCUT2D eigenvalue weighted by Gasteiger charge is 2.37. The van der Waals surface area contributed by atoms with Crippen LogP contribution in [0.15, 0.2) is 4.90 Å². The molecule has 0 radical (unpaired) electrons. The lowest BCUT2D eigenvalue weighted by Crippen LogP contribution is -2.46. The maximum Gasteiger partial charge on any atom is 0.249 e. The summed E-state index contributed by atoms with van der Waals surface area (Å²) < 4.78 is 90.7. The van der Waals surface area contributed by atoms with Crippen molar-refractivity contribution < 1.29 is 30.4 Å². The summed E-state index contributed by atoms with van der Waals surface area (Å²) in [6, 6.07) is 0. The van der Waals surface area contributed by atoms with Crippen molar-refractivity contribution in [2.75, 3.05) is 26.2 Å². The minimum Gasteiger partial charge on any atom is -0.314 e. The van der Waals surface area contributed by atoms with Crippen molar-refractivity contribution in [2.24, 2.45) is 0 Å². The topological polar surface area (TPSA) is 49.4 Å². The van der Waals surface area contributed by atoms with Crippen LogP contribution < -0.4 is 5.32 Å². The molecule has 0 unspecified atom stereocenters. The Hall–Kier alpha value is -1.26. The Labute approximate surface area is 111 Å². The number of hydrogen-bond donors (Lipinski definition) is 1. The number of halogens is 5. The van der Waals surface area contributed by atoms with Crippen molar-refractivity contribution in [3.05, 3.63) is 29.1 Å². The van der Waals surface area contributed by atoms with Crippen molar-refractivity contribution >= 4 is 10.0 Å². The molecule has 10 heteroatoms. The zero-order valence-electron chi connectivity index (χ0n) is 9.89. The summed E-state index contributed by atoms with van der Waals surface area (Å²) in [5.41, 5.74) is 0. The van der Waals surface area contributed by atoms with Gasteiger partial charge in [-0.1, -0.05) is 0 Å². The minimum absolute atomic E-state index is 0.123. The standard InChI is InChI=1S/C10H9F5N2O2S/c11-5-6(12)8(14)10(9(15)7(5)13)20(18,19)17-3-1-16-2-4-17/h16H,1-4H2. The second-order valence-electron chi connectivity index (χ2n) is 4.05. The number of hydrogen-bond acceptors (Lipinski definition) is 3. The fraction of sp³-hybridized carbons (Fsp3) is 0.400. The van der Waals surface area contributed by atoms with E-state index in [1.807, 2.05) is 0 Å². The van der Waals surface area contributed by atoms with Crippen LogP contribution in [0.3, 0.4) is 0 Å². The average molecular weight is 316 g/mol. The van der Waals surface area contributed by atoms with Crippen molar-refractivity contribution in [2.45, 2.75) is 4.90 Å². The SMILES string of the molecule is O=S(=O)(c1c(F)c(F)c(F)c(F)c1F)N1CCNCC1. The quantitative estimate of drug-likeness (QED) is 0.503. The highest BCUT2D eigenvalue weighted by atomic mass is 32.2. The Balaban J connectivity index is 2.63. The van der Waals surface area contributed by atoms with Crippen LogP contribution in [0.4, 0.5) is 22.0 Å². The molecule has 0 bridgehead atoms. The average Bonchev–Trinajstić information content (AvgIpc) is 2.44. The molecule has 20 heavy (non-hydrogen) atoms. The predicted octanol–water partition coefficient (Wildman–Crippen LogP) is 0.976. The van der Waals surface area contributed by atoms with Gasteiger partial charge < -0.3 is 5.32 Å². The van der Waals surface area contributed by atoms with Crippen LogP contribution in [0.1, 0.15) is 0 Å². The molecule has 1 fully saturated rings. The molecule has 1 aromatic rings. The molecule has 0 spiro atoms. The monoisotopic (exact) mass is 316 g/mol. The van der Waals surface area contributed by atoms with Crippen LogP contribution in [0.5, 0.6) is 0 Å². The normalized spacial score (nSPS) is 17.4. The van der Waals surface area contributed by atoms with Gasteiger partial charge in [-0.2, -0.15) is 4.31 Å². The highest BCUT2D eigenvalue weighted by Crippen LogP contribution is 2.28. The van der Waals surface area contributed by atoms with Crippen LogP contribution in [0.25, 0.3) is 0 Å². The van der Waals surface area contributed by atoms with E-state index in [2.05, 4.69) is 5.32 Å². The fourth-order valence-electron chi connectivity index (χ4n) is 1.83. The molecule has 0 atom stereocenters. The molecule has 1 aliphatic heterocycles. The van der Waals surface area contributed by atoms with E-state index in [1.165, 1.54) is 0 Å². The Morgan fingerprint density at radius 2 is 1.20 bits per heavy atom. The van der Waals surface area contributed by atoms with Gasteiger partial charge in [0.05, 0.1) is 0 Å². The molecule has 1 aromatic carbocycles. The first-order valence-corrected chi connectivity index (χ1v) is 6.94. The zero-order chi connectivity index (χ0) is 15.1. The highest BCUT2D eigenvalue weighted by molar-refractivity contribution is 7.89. The smallest absolute Gasteiger partial charge is 0.249 e. The summed E-state index contributed by atoms with van der Waals surface area (Å²) in [5.74, 6) is -11.6. The van der Waals surface area contributed by atoms with E-state index in [0.717, 1.165) is 0 Å². The fourth-order valence-corrected chi connectivity index (χ4v) is 3.38. The van der Waals surface area contributed by atoms with Crippen molar-refractivity contribution in [3.8, 4) is 0 Å². The molecule has 1 N–H and O–H groups in total. The molecular formula is C10H9F5N2O2S. The van der Waals surface area contributed by atoms with Crippen LogP contribution >= 0.6 is 0 Å². The van der Waals surface area contributed by atoms with Gasteiger partial charge in [0.2, 0.25) is 15.8 Å². The lowest BCUT2D eigenvalue weighted by molar-refractivity contribution is 0.336. The molecule has 1 saturated heterocycles. The van der Waals surface area contributed by atoms with Gasteiger partial charge in [-0.25, -0.2) is 30.4 Å². The first-order valence-electron chi connectivity index (χ1n) is 5.50. The third-order valence-corrected chi connectivity index (χ3v) is 4.76. The Morgan fingerprint density at radius 3 is 1.65 bits per heavy atom. The van der Waals surface area contributed by atoms with Crippen molar-refractivity contribution in [3.63, 3.8) is 0 Å². The third-order valence-electron chi connectivity index (χ3n) is 2.84. The minimum atomic E-state index is -4.79. The Bertz CT molecular complexity index is 615. The van der Waals surface area contributed by atoms with Crippen LogP contribution in [0, 0.1) is 29.1 Å². The van der Waals surface area contributed by atoms with Crippen LogP contribution in [0.2, 0.25) is 0 Å². The maximum atomic E-state index is 13.5. The van der Waals surface area contributed by atoms with E-state index in [0.29, 0.717) is 4.31 Å². The molecular weight excluding hydrogens is 307 g/mol. The molecule has 112 valence electrons. The lowest BCUT2D eigenvalue weighted by atomic mass is 10.3. The van der Waals surface area contributed by atoms with E-state index in [9.17, 15) is 30.4 Å². The van der Waals surface area contributed by atoms with Gasteiger partial charge in [-0.05, 0) is 0 Å². The number of piperazine rings is 1. The summed E-state index contributed by atoms with van der Waals surface area (Å²) in [5, 5.41) is 2.80. The third kappa shape index (κ3) is 2.27. The molecule has 0 amide bonds. The zero-order valence-corrected chi connectivity index (χ0v) is 10.7. The number of nitrogens with zero attached hydrogens (tertiary/aromatic N) is 1. The number of sulfonamides is 1. The summed E-state index contributed by atoms with van der Waals surface area (Å²) in [6.45, 7) is 0.187. The van der Waals surface area contributed by atoms with Gasteiger partial charge in [0.15, 0.2) is 28.2 Å². The summed E-state index contributed by atoms with van der Waals surface area (Å²) in [6.07, 6.45) is 0. The molecule has 0 aromatic heterocycles. The number of nitrogens with one attached hydrogen (secondary N) is 1. The van der Waals surface area contributed by atoms with E-state index >= 15 is 0 Å². The summed E-state index contributed by atoms with van der Waals surface area (Å²) in [4.78, 5) is -1.81. The van der Waals surface area contributed by atoms with Gasteiger partial charge >= 0.3 is 0 Å². The largest absolute Gasteiger partial charge is 0.314 e. The first-order chi connectivity index (χ1) is 9.28. The second-order valence-corrected chi connectivity index (χ2v) is 5.93. The van der Waals surface area contributed by atoms with E-state index in [4.69, 9.17) is 0 Å². The number of benzene rings is 1. The van der Waals surface area contributed by atoms with Gasteiger partial charge in [0, 0.05) is 26.2 Å². The predicted molar refractivity (Wildman–Crippen MR) is 57.9 cm³/mol. The lowest BCUT2D eigenvalue weighted by Gasteiger charge is -2.26. The summed E-state index contributed by atoms with van der Waals surface area (Å²) >= 11 is 0. The molecule has 1 heterocycles. The van der Waals surface area contributed by atoms with Gasteiger partial charge in [-0.15, -0.1) is 0 Å². The van der Waals surface area contributed by atoms with Gasteiger partial charge in [-0.3, -0.25) is 0 Å². The van der Waals surface area contributed by atoms with Crippen molar-refractivity contribution in [1.29, 1.82) is 0 Å². The Kier molecular flexibility index (Phi) is 3.98. The van der Waals surface area contributed by atoms with E-state index in [-0.39, 0.29) is 26.2 Å². The van der Waals surface area contributed by atoms with Crippen LogP contribution in [-0.2, 0) is 10.0 Å². The van der Waals surface area contributed by atoms with Gasteiger partial charge in [0.25, 0.3) is 0 Å². The molecule has 2 rings (SSSR count). The van der Waals surface area contributed by atoms with Crippen LogP contribution in [-0.4, -0.2) is 38.9 Å². The van der Waals surface area contributed by atoms with E-state index < -0.39 is 44.0 Å². The number of rotatable bonds is 2. The van der Waals surface area contributed by atoms with E-state index in [1.54, 1.807) is 0 Å². The second kappa shape index (κ2) is 5.26. The first kappa shape index (κ1) is 15.1. The summed E-state index contributed by atoms with van der Waals surface area (Å²) in [7, 11) is -4.79.